The zero-order valence-corrected chi connectivity index (χ0v) is 16.4. The normalized spacial score (nSPS) is 11.9. The Kier molecular flexibility index (Phi) is 3.21. The Hall–Kier alpha value is -3.17. The minimum absolute atomic E-state index is 0.909. The second-order valence-corrected chi connectivity index (χ2v) is 8.46. The van der Waals surface area contributed by atoms with Crippen LogP contribution in [0.5, 0.6) is 0 Å². The van der Waals surface area contributed by atoms with Crippen LogP contribution in [-0.2, 0) is 0 Å². The van der Waals surface area contributed by atoms with Crippen LogP contribution < -0.4 is 0 Å². The molecule has 0 amide bonds. The van der Waals surface area contributed by atoms with Crippen LogP contribution >= 0.6 is 11.3 Å². The number of thiophene rings is 1. The molecule has 0 radical (unpaired) electrons. The first-order valence-corrected chi connectivity index (χ1v) is 10.2. The number of fused-ring (bicyclic) bond motifs is 6. The van der Waals surface area contributed by atoms with E-state index in [4.69, 9.17) is 9.40 Å². The molecule has 0 aliphatic rings. The van der Waals surface area contributed by atoms with Crippen molar-refractivity contribution >= 4 is 53.4 Å². The molecule has 0 aliphatic carbocycles. The summed E-state index contributed by atoms with van der Waals surface area (Å²) >= 11 is 1.84. The quantitative estimate of drug-likeness (QED) is 0.293. The van der Waals surface area contributed by atoms with Gasteiger partial charge in [0.1, 0.15) is 11.2 Å². The summed E-state index contributed by atoms with van der Waals surface area (Å²) in [5.74, 6) is 0. The predicted molar refractivity (Wildman–Crippen MR) is 119 cm³/mol. The maximum Gasteiger partial charge on any atom is 0.144 e. The molecule has 0 unspecified atom stereocenters. The topological polar surface area (TPSA) is 26.0 Å². The summed E-state index contributed by atoms with van der Waals surface area (Å²) in [6.07, 6.45) is 2.01. The van der Waals surface area contributed by atoms with E-state index in [-0.39, 0.29) is 0 Å². The number of aryl methyl sites for hydroxylation is 2. The van der Waals surface area contributed by atoms with Gasteiger partial charge in [0.2, 0.25) is 0 Å². The number of rotatable bonds is 1. The molecule has 0 fully saturated rings. The van der Waals surface area contributed by atoms with Gasteiger partial charge in [-0.1, -0.05) is 42.5 Å². The number of pyridine rings is 1. The molecule has 3 heteroatoms. The highest BCUT2D eigenvalue weighted by atomic mass is 32.1. The van der Waals surface area contributed by atoms with Crippen LogP contribution in [0.3, 0.4) is 0 Å². The van der Waals surface area contributed by atoms with E-state index in [0.29, 0.717) is 0 Å². The molecule has 0 N–H and O–H groups in total. The Bertz CT molecular complexity index is 1540. The molecule has 0 saturated carbocycles. The van der Waals surface area contributed by atoms with Gasteiger partial charge in [-0.15, -0.1) is 11.3 Å². The van der Waals surface area contributed by atoms with Crippen LogP contribution in [0.1, 0.15) is 11.1 Å². The summed E-state index contributed by atoms with van der Waals surface area (Å²) in [5, 5.41) is 4.80. The Labute approximate surface area is 166 Å². The minimum Gasteiger partial charge on any atom is -0.455 e. The maximum absolute atomic E-state index is 6.27. The van der Waals surface area contributed by atoms with Gasteiger partial charge in [0.15, 0.2) is 0 Å². The van der Waals surface area contributed by atoms with E-state index in [0.717, 1.165) is 33.2 Å². The Morgan fingerprint density at radius 1 is 0.821 bits per heavy atom. The molecule has 3 heterocycles. The summed E-state index contributed by atoms with van der Waals surface area (Å²) in [5.41, 5.74) is 6.36. The fourth-order valence-electron chi connectivity index (χ4n) is 4.09. The van der Waals surface area contributed by atoms with Gasteiger partial charge in [0, 0.05) is 42.7 Å². The van der Waals surface area contributed by atoms with Crippen molar-refractivity contribution in [1.29, 1.82) is 0 Å². The second-order valence-electron chi connectivity index (χ2n) is 7.40. The molecule has 0 bridgehead atoms. The first-order chi connectivity index (χ1) is 13.7. The molecule has 0 spiro atoms. The zero-order valence-electron chi connectivity index (χ0n) is 15.6. The third-order valence-corrected chi connectivity index (χ3v) is 6.81. The van der Waals surface area contributed by atoms with E-state index in [1.165, 1.54) is 31.3 Å². The molecule has 3 aromatic carbocycles. The van der Waals surface area contributed by atoms with Crippen molar-refractivity contribution in [3.8, 4) is 11.3 Å². The highest BCUT2D eigenvalue weighted by molar-refractivity contribution is 7.26. The van der Waals surface area contributed by atoms with Crippen LogP contribution in [0, 0.1) is 13.8 Å². The van der Waals surface area contributed by atoms with Crippen LogP contribution in [0.15, 0.2) is 71.3 Å². The van der Waals surface area contributed by atoms with E-state index in [2.05, 4.69) is 74.5 Å². The minimum atomic E-state index is 0.909. The molecule has 3 aromatic heterocycles. The number of benzene rings is 3. The maximum atomic E-state index is 6.27. The lowest BCUT2D eigenvalue weighted by atomic mass is 10.0. The summed E-state index contributed by atoms with van der Waals surface area (Å²) < 4.78 is 8.88. The summed E-state index contributed by atoms with van der Waals surface area (Å²) in [6, 6.07) is 21.4. The van der Waals surface area contributed by atoms with E-state index in [1.54, 1.807) is 0 Å². The van der Waals surface area contributed by atoms with Crippen molar-refractivity contribution in [2.45, 2.75) is 13.8 Å². The molecule has 2 nitrogen and oxygen atoms in total. The lowest BCUT2D eigenvalue weighted by molar-refractivity contribution is 0.669. The van der Waals surface area contributed by atoms with Crippen molar-refractivity contribution in [1.82, 2.24) is 4.98 Å². The third kappa shape index (κ3) is 2.17. The van der Waals surface area contributed by atoms with Crippen LogP contribution in [0.2, 0.25) is 0 Å². The van der Waals surface area contributed by atoms with Gasteiger partial charge in [-0.05, 0) is 43.2 Å². The van der Waals surface area contributed by atoms with Crippen molar-refractivity contribution in [3.05, 3.63) is 78.0 Å². The molecule has 134 valence electrons. The van der Waals surface area contributed by atoms with Crippen LogP contribution in [0.25, 0.3) is 53.4 Å². The number of hydrogen-bond acceptors (Lipinski definition) is 3. The van der Waals surface area contributed by atoms with E-state index < -0.39 is 0 Å². The second kappa shape index (κ2) is 5.66. The third-order valence-electron chi connectivity index (χ3n) is 5.51. The fourth-order valence-corrected chi connectivity index (χ4v) is 5.27. The average molecular weight is 379 g/mol. The molecule has 6 aromatic rings. The molecule has 0 atom stereocenters. The van der Waals surface area contributed by atoms with Crippen molar-refractivity contribution in [2.24, 2.45) is 0 Å². The van der Waals surface area contributed by atoms with Crippen molar-refractivity contribution in [3.63, 3.8) is 0 Å². The van der Waals surface area contributed by atoms with Gasteiger partial charge in [-0.25, -0.2) is 0 Å². The monoisotopic (exact) mass is 379 g/mol. The Morgan fingerprint density at radius 3 is 2.61 bits per heavy atom. The molecule has 6 rings (SSSR count). The highest BCUT2D eigenvalue weighted by Crippen LogP contribution is 2.39. The van der Waals surface area contributed by atoms with Crippen LogP contribution in [-0.4, -0.2) is 4.98 Å². The number of furan rings is 1. The summed E-state index contributed by atoms with van der Waals surface area (Å²) in [6.45, 7) is 4.26. The van der Waals surface area contributed by atoms with Crippen molar-refractivity contribution < 1.29 is 4.42 Å². The van der Waals surface area contributed by atoms with E-state index in [1.807, 2.05) is 17.5 Å². The smallest absolute Gasteiger partial charge is 0.144 e. The lowest BCUT2D eigenvalue weighted by Crippen LogP contribution is -1.83. The Balaban J connectivity index is 1.64. The molecular weight excluding hydrogens is 362 g/mol. The van der Waals surface area contributed by atoms with E-state index >= 15 is 0 Å². The van der Waals surface area contributed by atoms with Gasteiger partial charge < -0.3 is 4.42 Å². The highest BCUT2D eigenvalue weighted by Gasteiger charge is 2.15. The first kappa shape index (κ1) is 15.8. The predicted octanol–water partition coefficient (Wildman–Crippen LogP) is 7.63. The molecule has 0 aliphatic heterocycles. The molecular formula is C25H17NOS. The van der Waals surface area contributed by atoms with Crippen LogP contribution in [0.4, 0.5) is 0 Å². The molecule has 28 heavy (non-hydrogen) atoms. The van der Waals surface area contributed by atoms with Crippen molar-refractivity contribution in [2.75, 3.05) is 0 Å². The fraction of sp³-hybridized carbons (Fsp3) is 0.0800. The zero-order chi connectivity index (χ0) is 18.8. The van der Waals surface area contributed by atoms with Gasteiger partial charge in [-0.2, -0.15) is 0 Å². The summed E-state index contributed by atoms with van der Waals surface area (Å²) in [7, 11) is 0. The number of para-hydroxylation sites is 1. The SMILES string of the molecule is Cc1ccc2c(c1)oc1c(-c3cc4sc5c(C)cccc5c4cn3)cccc12. The van der Waals surface area contributed by atoms with Gasteiger partial charge in [0.05, 0.1) is 5.69 Å². The lowest BCUT2D eigenvalue weighted by Gasteiger charge is -2.02. The standard InChI is InChI=1S/C25H17NOS/c1-14-9-10-16-17-6-4-8-19(24(17)27-22(16)11-14)21-12-23-20(13-26-21)18-7-3-5-15(2)25(18)28-23/h3-13H,1-2H3. The Morgan fingerprint density at radius 2 is 1.68 bits per heavy atom. The summed E-state index contributed by atoms with van der Waals surface area (Å²) in [4.78, 5) is 4.81. The van der Waals surface area contributed by atoms with Gasteiger partial charge in [0.25, 0.3) is 0 Å². The van der Waals surface area contributed by atoms with Gasteiger partial charge >= 0.3 is 0 Å². The average Bonchev–Trinajstić information content (AvgIpc) is 3.25. The number of nitrogens with zero attached hydrogens (tertiary/aromatic N) is 1. The number of aromatic nitrogens is 1. The molecule has 0 saturated heterocycles. The van der Waals surface area contributed by atoms with E-state index in [9.17, 15) is 0 Å². The first-order valence-electron chi connectivity index (χ1n) is 9.39. The number of hydrogen-bond donors (Lipinski definition) is 0. The van der Waals surface area contributed by atoms with Gasteiger partial charge in [-0.3, -0.25) is 4.98 Å². The largest absolute Gasteiger partial charge is 0.455 e.